The van der Waals surface area contributed by atoms with Crippen molar-refractivity contribution in [3.8, 4) is 11.1 Å². The Morgan fingerprint density at radius 2 is 1.48 bits per heavy atom. The lowest BCUT2D eigenvalue weighted by atomic mass is 10.0. The standard InChI is InChI=1S/C18H19N3O4/c1-19-16(22)15(17(23)20-25)21(2)18(24)14-10-8-13(9-11-14)12-6-4-3-5-7-12/h3-11,15,25H,1-2H3,(H,19,22)(H,20,23). The lowest BCUT2D eigenvalue weighted by Gasteiger charge is -2.25. The number of hydroxylamine groups is 1. The highest BCUT2D eigenvalue weighted by Gasteiger charge is 2.33. The number of nitrogens with zero attached hydrogens (tertiary/aromatic N) is 1. The van der Waals surface area contributed by atoms with Gasteiger partial charge in [-0.15, -0.1) is 0 Å². The Labute approximate surface area is 145 Å². The Morgan fingerprint density at radius 1 is 0.920 bits per heavy atom. The summed E-state index contributed by atoms with van der Waals surface area (Å²) in [6.45, 7) is 0. The van der Waals surface area contributed by atoms with E-state index in [0.29, 0.717) is 5.56 Å². The van der Waals surface area contributed by atoms with E-state index in [2.05, 4.69) is 5.32 Å². The molecule has 7 heteroatoms. The van der Waals surface area contributed by atoms with Crippen LogP contribution in [0.15, 0.2) is 54.6 Å². The maximum atomic E-state index is 12.6. The van der Waals surface area contributed by atoms with Crippen LogP contribution in [0.1, 0.15) is 10.4 Å². The number of carbonyl (C=O) groups is 3. The van der Waals surface area contributed by atoms with E-state index >= 15 is 0 Å². The molecular formula is C18H19N3O4. The Balaban J connectivity index is 2.24. The van der Waals surface area contributed by atoms with Crippen LogP contribution < -0.4 is 10.8 Å². The topological polar surface area (TPSA) is 98.7 Å². The third-order valence-electron chi connectivity index (χ3n) is 3.80. The lowest BCUT2D eigenvalue weighted by Crippen LogP contribution is -2.54. The van der Waals surface area contributed by atoms with Crippen LogP contribution in [0.4, 0.5) is 0 Å². The molecule has 2 aromatic rings. The minimum Gasteiger partial charge on any atom is -0.357 e. The summed E-state index contributed by atoms with van der Waals surface area (Å²) in [7, 11) is 2.66. The molecule has 3 N–H and O–H groups in total. The lowest BCUT2D eigenvalue weighted by molar-refractivity contribution is -0.140. The summed E-state index contributed by atoms with van der Waals surface area (Å²) in [4.78, 5) is 37.1. The molecule has 0 aliphatic rings. The first-order chi connectivity index (χ1) is 12.0. The summed E-state index contributed by atoms with van der Waals surface area (Å²) < 4.78 is 0. The molecule has 0 fully saturated rings. The summed E-state index contributed by atoms with van der Waals surface area (Å²) in [5, 5.41) is 11.1. The number of hydrogen-bond acceptors (Lipinski definition) is 4. The molecule has 0 spiro atoms. The molecule has 0 radical (unpaired) electrons. The maximum Gasteiger partial charge on any atom is 0.275 e. The quantitative estimate of drug-likeness (QED) is 0.430. The fourth-order valence-corrected chi connectivity index (χ4v) is 2.43. The molecule has 0 bridgehead atoms. The average molecular weight is 341 g/mol. The Hall–Kier alpha value is -3.19. The van der Waals surface area contributed by atoms with E-state index in [1.807, 2.05) is 30.3 Å². The molecule has 1 atom stereocenters. The molecule has 0 saturated heterocycles. The van der Waals surface area contributed by atoms with Crippen molar-refractivity contribution in [2.24, 2.45) is 0 Å². The van der Waals surface area contributed by atoms with Gasteiger partial charge in [-0.3, -0.25) is 19.6 Å². The van der Waals surface area contributed by atoms with Crippen LogP contribution in [0.25, 0.3) is 11.1 Å². The second-order valence-corrected chi connectivity index (χ2v) is 5.35. The van der Waals surface area contributed by atoms with Crippen LogP contribution in [0.2, 0.25) is 0 Å². The van der Waals surface area contributed by atoms with Crippen LogP contribution in [0, 0.1) is 0 Å². The molecule has 0 saturated carbocycles. The fourth-order valence-electron chi connectivity index (χ4n) is 2.43. The predicted octanol–water partition coefficient (Wildman–Crippen LogP) is 1.05. The molecule has 0 aliphatic carbocycles. The van der Waals surface area contributed by atoms with Crippen LogP contribution in [0.3, 0.4) is 0 Å². The molecule has 0 aromatic heterocycles. The molecule has 0 aliphatic heterocycles. The number of benzene rings is 2. The smallest absolute Gasteiger partial charge is 0.275 e. The van der Waals surface area contributed by atoms with Gasteiger partial charge in [-0.05, 0) is 23.3 Å². The van der Waals surface area contributed by atoms with Crippen LogP contribution >= 0.6 is 0 Å². The van der Waals surface area contributed by atoms with Crippen molar-refractivity contribution < 1.29 is 19.6 Å². The first kappa shape index (κ1) is 18.2. The van der Waals surface area contributed by atoms with Crippen LogP contribution in [0.5, 0.6) is 0 Å². The van der Waals surface area contributed by atoms with E-state index in [1.54, 1.807) is 24.3 Å². The largest absolute Gasteiger partial charge is 0.357 e. The number of hydrogen-bond donors (Lipinski definition) is 3. The van der Waals surface area contributed by atoms with E-state index < -0.39 is 23.8 Å². The summed E-state index contributed by atoms with van der Waals surface area (Å²) in [5.74, 6) is -2.21. The van der Waals surface area contributed by atoms with Gasteiger partial charge in [0.1, 0.15) is 0 Å². The fraction of sp³-hybridized carbons (Fsp3) is 0.167. The predicted molar refractivity (Wildman–Crippen MR) is 91.8 cm³/mol. The summed E-state index contributed by atoms with van der Waals surface area (Å²) in [6, 6.07) is 15.0. The molecule has 130 valence electrons. The second kappa shape index (κ2) is 8.07. The molecule has 3 amide bonds. The number of nitrogens with one attached hydrogen (secondary N) is 2. The normalized spacial score (nSPS) is 11.3. The highest BCUT2D eigenvalue weighted by Crippen LogP contribution is 2.20. The van der Waals surface area contributed by atoms with Crippen molar-refractivity contribution in [3.05, 3.63) is 60.2 Å². The van der Waals surface area contributed by atoms with Crippen LogP contribution in [-0.4, -0.2) is 48.0 Å². The van der Waals surface area contributed by atoms with Crippen molar-refractivity contribution in [3.63, 3.8) is 0 Å². The van der Waals surface area contributed by atoms with E-state index in [0.717, 1.165) is 16.0 Å². The molecule has 1 unspecified atom stereocenters. The van der Waals surface area contributed by atoms with E-state index in [4.69, 9.17) is 5.21 Å². The molecular weight excluding hydrogens is 322 g/mol. The van der Waals surface area contributed by atoms with Crippen molar-refractivity contribution in [1.82, 2.24) is 15.7 Å². The van der Waals surface area contributed by atoms with Gasteiger partial charge in [0, 0.05) is 19.7 Å². The van der Waals surface area contributed by atoms with E-state index in [1.165, 1.54) is 19.6 Å². The van der Waals surface area contributed by atoms with Crippen molar-refractivity contribution in [2.45, 2.75) is 6.04 Å². The van der Waals surface area contributed by atoms with Gasteiger partial charge in [0.05, 0.1) is 0 Å². The third-order valence-corrected chi connectivity index (χ3v) is 3.80. The van der Waals surface area contributed by atoms with E-state index in [-0.39, 0.29) is 0 Å². The summed E-state index contributed by atoms with van der Waals surface area (Å²) in [5.41, 5.74) is 3.68. The van der Waals surface area contributed by atoms with Gasteiger partial charge >= 0.3 is 0 Å². The number of amides is 3. The summed E-state index contributed by atoms with van der Waals surface area (Å²) >= 11 is 0. The maximum absolute atomic E-state index is 12.6. The third kappa shape index (κ3) is 4.02. The Bertz CT molecular complexity index is 744. The van der Waals surface area contributed by atoms with Gasteiger partial charge in [0.25, 0.3) is 17.7 Å². The monoisotopic (exact) mass is 341 g/mol. The molecule has 7 nitrogen and oxygen atoms in total. The van der Waals surface area contributed by atoms with Crippen molar-refractivity contribution >= 4 is 17.7 Å². The van der Waals surface area contributed by atoms with Gasteiger partial charge < -0.3 is 10.2 Å². The first-order valence-electron chi connectivity index (χ1n) is 7.57. The number of likely N-dealkylation sites (N-methyl/N-ethyl adjacent to an activating group) is 2. The van der Waals surface area contributed by atoms with Crippen molar-refractivity contribution in [1.29, 1.82) is 0 Å². The summed E-state index contributed by atoms with van der Waals surface area (Å²) in [6.07, 6.45) is 0. The second-order valence-electron chi connectivity index (χ2n) is 5.35. The Kier molecular flexibility index (Phi) is 5.86. The Morgan fingerprint density at radius 3 is 2.00 bits per heavy atom. The van der Waals surface area contributed by atoms with Gasteiger partial charge in [-0.25, -0.2) is 5.48 Å². The van der Waals surface area contributed by atoms with E-state index in [9.17, 15) is 14.4 Å². The first-order valence-corrected chi connectivity index (χ1v) is 7.57. The SMILES string of the molecule is CNC(=O)C(C(=O)NO)N(C)C(=O)c1ccc(-c2ccccc2)cc1. The molecule has 2 aromatic carbocycles. The minimum absolute atomic E-state index is 0.321. The van der Waals surface area contributed by atoms with Gasteiger partial charge in [0.2, 0.25) is 0 Å². The zero-order valence-electron chi connectivity index (χ0n) is 13.9. The highest BCUT2D eigenvalue weighted by molar-refractivity contribution is 6.08. The van der Waals surface area contributed by atoms with Gasteiger partial charge in [0.15, 0.2) is 6.04 Å². The minimum atomic E-state index is -1.48. The highest BCUT2D eigenvalue weighted by atomic mass is 16.5. The molecule has 25 heavy (non-hydrogen) atoms. The number of carbonyl (C=O) groups excluding carboxylic acids is 3. The molecule has 2 rings (SSSR count). The zero-order chi connectivity index (χ0) is 18.4. The number of rotatable bonds is 5. The average Bonchev–Trinajstić information content (AvgIpc) is 2.67. The van der Waals surface area contributed by atoms with Crippen LogP contribution in [-0.2, 0) is 9.59 Å². The van der Waals surface area contributed by atoms with Crippen molar-refractivity contribution in [2.75, 3.05) is 14.1 Å². The van der Waals surface area contributed by atoms with Gasteiger partial charge in [-0.2, -0.15) is 0 Å². The zero-order valence-corrected chi connectivity index (χ0v) is 13.9. The van der Waals surface area contributed by atoms with Gasteiger partial charge in [-0.1, -0.05) is 42.5 Å². The molecule has 0 heterocycles.